The van der Waals surface area contributed by atoms with Crippen LogP contribution in [0.3, 0.4) is 0 Å². The van der Waals surface area contributed by atoms with E-state index in [1.165, 1.54) is 12.1 Å². The lowest BCUT2D eigenvalue weighted by Crippen LogP contribution is -2.36. The van der Waals surface area contributed by atoms with Gasteiger partial charge in [-0.1, -0.05) is 47.6 Å². The molecule has 3 aromatic rings. The van der Waals surface area contributed by atoms with E-state index in [4.69, 9.17) is 4.52 Å². The summed E-state index contributed by atoms with van der Waals surface area (Å²) in [7, 11) is 3.90. The number of nitrogens with zero attached hydrogens (tertiary/aromatic N) is 3. The van der Waals surface area contributed by atoms with Crippen LogP contribution in [-0.2, 0) is 6.54 Å². The molecule has 140 valence electrons. The average Bonchev–Trinajstić information content (AvgIpc) is 3.17. The average molecular weight is 367 g/mol. The van der Waals surface area contributed by atoms with Crippen molar-refractivity contribution in [1.82, 2.24) is 15.0 Å². The largest absolute Gasteiger partial charge is 0.355 e. The highest BCUT2D eigenvalue weighted by Crippen LogP contribution is 2.21. The summed E-state index contributed by atoms with van der Waals surface area (Å²) in [5, 5.41) is 3.96. The quantitative estimate of drug-likeness (QED) is 0.639. The highest BCUT2D eigenvalue weighted by atomic mass is 19.1. The van der Waals surface area contributed by atoms with Crippen LogP contribution < -0.4 is 0 Å². The van der Waals surface area contributed by atoms with Crippen molar-refractivity contribution in [1.29, 1.82) is 0 Å². The first-order valence-corrected chi connectivity index (χ1v) is 8.73. The summed E-state index contributed by atoms with van der Waals surface area (Å²) >= 11 is 0. The Bertz CT molecular complexity index is 876. The highest BCUT2D eigenvalue weighted by molar-refractivity contribution is 5.93. The van der Waals surface area contributed by atoms with E-state index in [0.717, 1.165) is 11.1 Å². The van der Waals surface area contributed by atoms with Gasteiger partial charge in [-0.3, -0.25) is 4.79 Å². The first kappa shape index (κ1) is 18.8. The molecule has 0 spiro atoms. The predicted molar refractivity (Wildman–Crippen MR) is 102 cm³/mol. The molecule has 0 N–H and O–H groups in total. The van der Waals surface area contributed by atoms with Crippen LogP contribution in [0.5, 0.6) is 0 Å². The SMILES string of the molecule is CN(C)CCN(Cc1ccc(F)cc1)C(=O)c1cc(-c2ccccc2)on1. The second-order valence-corrected chi connectivity index (χ2v) is 6.60. The van der Waals surface area contributed by atoms with Gasteiger partial charge in [-0.05, 0) is 31.8 Å². The molecular weight excluding hydrogens is 345 g/mol. The van der Waals surface area contributed by atoms with Gasteiger partial charge in [0.15, 0.2) is 11.5 Å². The maximum absolute atomic E-state index is 13.2. The van der Waals surface area contributed by atoms with E-state index in [0.29, 0.717) is 25.4 Å². The van der Waals surface area contributed by atoms with Crippen molar-refractivity contribution < 1.29 is 13.7 Å². The van der Waals surface area contributed by atoms with Crippen molar-refractivity contribution >= 4 is 5.91 Å². The van der Waals surface area contributed by atoms with Crippen molar-refractivity contribution in [3.63, 3.8) is 0 Å². The molecule has 3 rings (SSSR count). The Hall–Kier alpha value is -2.99. The number of benzene rings is 2. The number of hydrogen-bond donors (Lipinski definition) is 0. The fourth-order valence-electron chi connectivity index (χ4n) is 2.66. The van der Waals surface area contributed by atoms with Crippen LogP contribution in [0.4, 0.5) is 4.39 Å². The number of aromatic nitrogens is 1. The normalized spacial score (nSPS) is 11.0. The van der Waals surface area contributed by atoms with Crippen molar-refractivity contribution in [3.8, 4) is 11.3 Å². The monoisotopic (exact) mass is 367 g/mol. The number of carbonyl (C=O) groups excluding carboxylic acids is 1. The van der Waals surface area contributed by atoms with E-state index in [-0.39, 0.29) is 17.4 Å². The molecule has 2 aromatic carbocycles. The van der Waals surface area contributed by atoms with Gasteiger partial charge in [-0.2, -0.15) is 0 Å². The third kappa shape index (κ3) is 5.01. The Balaban J connectivity index is 1.79. The number of amides is 1. The molecule has 0 fully saturated rings. The molecule has 6 heteroatoms. The summed E-state index contributed by atoms with van der Waals surface area (Å²) in [4.78, 5) is 16.7. The molecule has 0 bridgehead atoms. The van der Waals surface area contributed by atoms with Crippen molar-refractivity contribution in [2.75, 3.05) is 27.2 Å². The van der Waals surface area contributed by atoms with E-state index in [2.05, 4.69) is 5.16 Å². The van der Waals surface area contributed by atoms with Crippen molar-refractivity contribution in [3.05, 3.63) is 77.7 Å². The number of carbonyl (C=O) groups is 1. The highest BCUT2D eigenvalue weighted by Gasteiger charge is 2.21. The molecular formula is C21H22FN3O2. The Kier molecular flexibility index (Phi) is 5.98. The lowest BCUT2D eigenvalue weighted by Gasteiger charge is -2.23. The number of halogens is 1. The minimum Gasteiger partial charge on any atom is -0.355 e. The number of hydrogen-bond acceptors (Lipinski definition) is 4. The third-order valence-corrected chi connectivity index (χ3v) is 4.18. The molecule has 1 aromatic heterocycles. The van der Waals surface area contributed by atoms with Gasteiger partial charge >= 0.3 is 0 Å². The summed E-state index contributed by atoms with van der Waals surface area (Å²) in [5.41, 5.74) is 1.98. The van der Waals surface area contributed by atoms with E-state index < -0.39 is 0 Å². The molecule has 5 nitrogen and oxygen atoms in total. The lowest BCUT2D eigenvalue weighted by atomic mass is 10.1. The van der Waals surface area contributed by atoms with E-state index in [1.54, 1.807) is 23.1 Å². The molecule has 0 saturated carbocycles. The number of likely N-dealkylation sites (N-methyl/N-ethyl adjacent to an activating group) is 1. The summed E-state index contributed by atoms with van der Waals surface area (Å²) < 4.78 is 18.5. The molecule has 1 amide bonds. The van der Waals surface area contributed by atoms with Gasteiger partial charge in [0.1, 0.15) is 5.82 Å². The first-order valence-electron chi connectivity index (χ1n) is 8.73. The zero-order valence-electron chi connectivity index (χ0n) is 15.4. The zero-order chi connectivity index (χ0) is 19.2. The van der Waals surface area contributed by atoms with E-state index in [1.807, 2.05) is 49.3 Å². The Morgan fingerprint density at radius 2 is 1.74 bits per heavy atom. The van der Waals surface area contributed by atoms with Gasteiger partial charge in [0.05, 0.1) is 0 Å². The van der Waals surface area contributed by atoms with Gasteiger partial charge < -0.3 is 14.3 Å². The third-order valence-electron chi connectivity index (χ3n) is 4.18. The molecule has 0 aliphatic rings. The molecule has 0 unspecified atom stereocenters. The second kappa shape index (κ2) is 8.60. The maximum atomic E-state index is 13.2. The molecule has 1 heterocycles. The number of rotatable bonds is 7. The standard InChI is InChI=1S/C21H22FN3O2/c1-24(2)12-13-25(15-16-8-10-18(22)11-9-16)21(26)19-14-20(27-23-19)17-6-4-3-5-7-17/h3-11,14H,12-13,15H2,1-2H3. The maximum Gasteiger partial charge on any atom is 0.276 e. The van der Waals surface area contributed by atoms with Crippen molar-refractivity contribution in [2.45, 2.75) is 6.54 Å². The van der Waals surface area contributed by atoms with Gasteiger partial charge in [0.2, 0.25) is 0 Å². The molecule has 27 heavy (non-hydrogen) atoms. The van der Waals surface area contributed by atoms with Crippen LogP contribution in [0.2, 0.25) is 0 Å². The summed E-state index contributed by atoms with van der Waals surface area (Å²) in [6.07, 6.45) is 0. The fraction of sp³-hybridized carbons (Fsp3) is 0.238. The van der Waals surface area contributed by atoms with Crippen LogP contribution in [0, 0.1) is 5.82 Å². The molecule has 0 radical (unpaired) electrons. The van der Waals surface area contributed by atoms with Crippen LogP contribution in [-0.4, -0.2) is 48.0 Å². The van der Waals surface area contributed by atoms with Crippen LogP contribution in [0.1, 0.15) is 16.1 Å². The summed E-state index contributed by atoms with van der Waals surface area (Å²) in [5.74, 6) is 0.0364. The molecule has 0 saturated heterocycles. The molecule has 0 aliphatic heterocycles. The molecule has 0 atom stereocenters. The topological polar surface area (TPSA) is 49.6 Å². The fourth-order valence-corrected chi connectivity index (χ4v) is 2.66. The van der Waals surface area contributed by atoms with Gasteiger partial charge in [-0.15, -0.1) is 0 Å². The minimum atomic E-state index is -0.297. The van der Waals surface area contributed by atoms with Crippen LogP contribution >= 0.6 is 0 Å². The zero-order valence-corrected chi connectivity index (χ0v) is 15.4. The predicted octanol–water partition coefficient (Wildman–Crippen LogP) is 3.68. The van der Waals surface area contributed by atoms with Gasteiger partial charge in [-0.25, -0.2) is 4.39 Å². The Morgan fingerprint density at radius 3 is 2.41 bits per heavy atom. The minimum absolute atomic E-state index is 0.216. The first-order chi connectivity index (χ1) is 13.0. The Morgan fingerprint density at radius 1 is 1.04 bits per heavy atom. The lowest BCUT2D eigenvalue weighted by molar-refractivity contribution is 0.0721. The van der Waals surface area contributed by atoms with Crippen molar-refractivity contribution in [2.24, 2.45) is 0 Å². The summed E-state index contributed by atoms with van der Waals surface area (Å²) in [6, 6.07) is 17.3. The van der Waals surface area contributed by atoms with Crippen LogP contribution in [0.25, 0.3) is 11.3 Å². The Labute approximate surface area is 158 Å². The molecule has 0 aliphatic carbocycles. The summed E-state index contributed by atoms with van der Waals surface area (Å²) in [6.45, 7) is 1.60. The van der Waals surface area contributed by atoms with Crippen LogP contribution in [0.15, 0.2) is 65.2 Å². The van der Waals surface area contributed by atoms with Gasteiger partial charge in [0, 0.05) is 31.3 Å². The van der Waals surface area contributed by atoms with E-state index in [9.17, 15) is 9.18 Å². The van der Waals surface area contributed by atoms with E-state index >= 15 is 0 Å². The smallest absolute Gasteiger partial charge is 0.276 e. The van der Waals surface area contributed by atoms with Gasteiger partial charge in [0.25, 0.3) is 5.91 Å². The second-order valence-electron chi connectivity index (χ2n) is 6.60.